The molecule has 32 heavy (non-hydrogen) atoms. The van der Waals surface area contributed by atoms with Crippen molar-refractivity contribution >= 4 is 45.3 Å². The Morgan fingerprint density at radius 1 is 1.22 bits per heavy atom. The lowest BCUT2D eigenvalue weighted by Gasteiger charge is -2.26. The van der Waals surface area contributed by atoms with Crippen molar-refractivity contribution in [3.63, 3.8) is 0 Å². The van der Waals surface area contributed by atoms with E-state index >= 15 is 0 Å². The highest BCUT2D eigenvalue weighted by atomic mass is 32.1. The number of benzene rings is 2. The van der Waals surface area contributed by atoms with Crippen molar-refractivity contribution in [3.05, 3.63) is 57.1 Å². The minimum atomic E-state index is -0.418. The van der Waals surface area contributed by atoms with E-state index in [9.17, 15) is 14.9 Å². The molecule has 1 amide bonds. The van der Waals surface area contributed by atoms with Gasteiger partial charge in [0.25, 0.3) is 11.6 Å². The molecule has 1 saturated heterocycles. The van der Waals surface area contributed by atoms with Crippen molar-refractivity contribution in [1.29, 1.82) is 0 Å². The third-order valence-corrected chi connectivity index (χ3v) is 5.90. The molecular weight excluding hydrogens is 434 g/mol. The maximum Gasteiger partial charge on any atom is 0.270 e. The molecule has 0 aliphatic carbocycles. The Kier molecular flexibility index (Phi) is 6.62. The fourth-order valence-electron chi connectivity index (χ4n) is 3.23. The summed E-state index contributed by atoms with van der Waals surface area (Å²) in [6.07, 6.45) is 3.71. The summed E-state index contributed by atoms with van der Waals surface area (Å²) in [5, 5.41) is 11.7. The van der Waals surface area contributed by atoms with Gasteiger partial charge in [-0.05, 0) is 29.8 Å². The number of ether oxygens (including phenoxy) is 3. The number of thiazole rings is 1. The molecule has 166 valence electrons. The van der Waals surface area contributed by atoms with Crippen molar-refractivity contribution in [2.45, 2.75) is 0 Å². The van der Waals surface area contributed by atoms with Crippen LogP contribution in [0, 0.1) is 10.1 Å². The van der Waals surface area contributed by atoms with Gasteiger partial charge < -0.3 is 19.1 Å². The average Bonchev–Trinajstić information content (AvgIpc) is 3.24. The number of non-ortho nitro benzene ring substituents is 1. The number of hydrogen-bond donors (Lipinski definition) is 0. The third-order valence-electron chi connectivity index (χ3n) is 4.92. The van der Waals surface area contributed by atoms with E-state index in [4.69, 9.17) is 14.2 Å². The fourth-order valence-corrected chi connectivity index (χ4v) is 4.14. The molecule has 9 nitrogen and oxygen atoms in total. The van der Waals surface area contributed by atoms with Crippen molar-refractivity contribution < 1.29 is 23.9 Å². The molecule has 2 aromatic carbocycles. The Balaban J connectivity index is 1.44. The van der Waals surface area contributed by atoms with E-state index < -0.39 is 4.92 Å². The van der Waals surface area contributed by atoms with Gasteiger partial charge in [-0.1, -0.05) is 12.1 Å². The molecule has 0 unspecified atom stereocenters. The van der Waals surface area contributed by atoms with Gasteiger partial charge in [-0.25, -0.2) is 4.98 Å². The van der Waals surface area contributed by atoms with Crippen LogP contribution in [0.2, 0.25) is 0 Å². The molecule has 0 spiro atoms. The largest absolute Gasteiger partial charge is 0.493 e. The van der Waals surface area contributed by atoms with Gasteiger partial charge >= 0.3 is 0 Å². The highest BCUT2D eigenvalue weighted by Gasteiger charge is 2.18. The minimum absolute atomic E-state index is 0.0455. The zero-order valence-corrected chi connectivity index (χ0v) is 18.2. The lowest BCUT2D eigenvalue weighted by Crippen LogP contribution is -2.43. The Hall–Kier alpha value is -3.50. The summed E-state index contributed by atoms with van der Waals surface area (Å²) in [5.41, 5.74) is 1.62. The minimum Gasteiger partial charge on any atom is -0.493 e. The molecule has 1 aromatic heterocycles. The van der Waals surface area contributed by atoms with Crippen LogP contribution < -0.4 is 9.47 Å². The van der Waals surface area contributed by atoms with E-state index in [2.05, 4.69) is 4.98 Å². The number of nitrogens with zero attached hydrogens (tertiary/aromatic N) is 3. The number of nitro groups is 1. The molecule has 3 aromatic rings. The molecule has 0 bridgehead atoms. The number of amides is 1. The lowest BCUT2D eigenvalue weighted by molar-refractivity contribution is -0.384. The van der Waals surface area contributed by atoms with Gasteiger partial charge in [0.05, 0.1) is 35.5 Å². The summed E-state index contributed by atoms with van der Waals surface area (Å²) in [5.74, 6) is 0.913. The number of rotatable bonds is 7. The molecule has 1 aliphatic rings. The molecule has 1 fully saturated rings. The van der Waals surface area contributed by atoms with Crippen LogP contribution in [-0.2, 0) is 9.53 Å². The van der Waals surface area contributed by atoms with Gasteiger partial charge in [-0.2, -0.15) is 0 Å². The van der Waals surface area contributed by atoms with E-state index in [1.807, 2.05) is 24.3 Å². The SMILES string of the molecule is COc1cc(C=Cc2nc3ccc([N+](=O)[O-])cc3s2)ccc1OCC(=O)N1CCOCC1. The van der Waals surface area contributed by atoms with Crippen molar-refractivity contribution in [1.82, 2.24) is 9.88 Å². The van der Waals surface area contributed by atoms with Crippen LogP contribution in [0.5, 0.6) is 11.5 Å². The van der Waals surface area contributed by atoms with Crippen LogP contribution in [0.3, 0.4) is 0 Å². The smallest absolute Gasteiger partial charge is 0.270 e. The van der Waals surface area contributed by atoms with Crippen LogP contribution in [0.15, 0.2) is 36.4 Å². The first-order chi connectivity index (χ1) is 15.5. The number of methoxy groups -OCH3 is 1. The fraction of sp³-hybridized carbons (Fsp3) is 0.273. The van der Waals surface area contributed by atoms with Gasteiger partial charge in [-0.15, -0.1) is 11.3 Å². The first-order valence-electron chi connectivity index (χ1n) is 9.93. The number of carbonyl (C=O) groups excluding carboxylic acids is 1. The Labute approximate surface area is 188 Å². The monoisotopic (exact) mass is 455 g/mol. The van der Waals surface area contributed by atoms with Gasteiger partial charge in [0.2, 0.25) is 0 Å². The molecule has 0 N–H and O–H groups in total. The van der Waals surface area contributed by atoms with Gasteiger partial charge in [-0.3, -0.25) is 14.9 Å². The Bertz CT molecular complexity index is 1170. The van der Waals surface area contributed by atoms with Crippen LogP contribution in [-0.4, -0.2) is 60.7 Å². The second-order valence-electron chi connectivity index (χ2n) is 6.99. The standard InChI is InChI=1S/C22H21N3O6S/c1-29-19-12-15(2-6-18(19)31-14-22(26)24-8-10-30-11-9-24)3-7-21-23-17-5-4-16(25(27)28)13-20(17)32-21/h2-7,12-13H,8-11,14H2,1H3. The summed E-state index contributed by atoms with van der Waals surface area (Å²) in [7, 11) is 1.54. The Morgan fingerprint density at radius 3 is 2.78 bits per heavy atom. The second-order valence-corrected chi connectivity index (χ2v) is 8.05. The maximum atomic E-state index is 12.3. The number of hydrogen-bond acceptors (Lipinski definition) is 8. The predicted octanol–water partition coefficient (Wildman–Crippen LogP) is 3.62. The molecule has 0 radical (unpaired) electrons. The van der Waals surface area contributed by atoms with Crippen LogP contribution in [0.4, 0.5) is 5.69 Å². The summed E-state index contributed by atoms with van der Waals surface area (Å²) in [6.45, 7) is 2.16. The second kappa shape index (κ2) is 9.75. The Morgan fingerprint density at radius 2 is 2.03 bits per heavy atom. The van der Waals surface area contributed by atoms with Gasteiger partial charge in [0.15, 0.2) is 18.1 Å². The number of aromatic nitrogens is 1. The molecule has 10 heteroatoms. The number of carbonyl (C=O) groups is 1. The summed E-state index contributed by atoms with van der Waals surface area (Å²) >= 11 is 1.38. The van der Waals surface area contributed by atoms with Crippen molar-refractivity contribution in [2.75, 3.05) is 40.0 Å². The molecule has 4 rings (SSSR count). The summed E-state index contributed by atoms with van der Waals surface area (Å²) < 4.78 is 17.1. The number of morpholine rings is 1. The van der Waals surface area contributed by atoms with Crippen LogP contribution >= 0.6 is 11.3 Å². The third kappa shape index (κ3) is 5.04. The lowest BCUT2D eigenvalue weighted by atomic mass is 10.2. The predicted molar refractivity (Wildman–Crippen MR) is 121 cm³/mol. The van der Waals surface area contributed by atoms with Crippen molar-refractivity contribution in [3.8, 4) is 11.5 Å². The quantitative estimate of drug-likeness (QED) is 0.396. The summed E-state index contributed by atoms with van der Waals surface area (Å²) in [6, 6.07) is 10.0. The summed E-state index contributed by atoms with van der Waals surface area (Å²) in [4.78, 5) is 29.0. The number of fused-ring (bicyclic) bond motifs is 1. The first-order valence-corrected chi connectivity index (χ1v) is 10.7. The highest BCUT2D eigenvalue weighted by Crippen LogP contribution is 2.30. The van der Waals surface area contributed by atoms with Crippen LogP contribution in [0.25, 0.3) is 22.4 Å². The van der Waals surface area contributed by atoms with E-state index in [1.165, 1.54) is 23.5 Å². The first kappa shape index (κ1) is 21.7. The van der Waals surface area contributed by atoms with E-state index in [-0.39, 0.29) is 18.2 Å². The van der Waals surface area contributed by atoms with Gasteiger partial charge in [0.1, 0.15) is 5.01 Å². The maximum absolute atomic E-state index is 12.3. The zero-order chi connectivity index (χ0) is 22.5. The highest BCUT2D eigenvalue weighted by molar-refractivity contribution is 7.19. The van der Waals surface area contributed by atoms with Crippen molar-refractivity contribution in [2.24, 2.45) is 0 Å². The van der Waals surface area contributed by atoms with E-state index in [0.717, 1.165) is 15.3 Å². The topological polar surface area (TPSA) is 104 Å². The molecule has 2 heterocycles. The van der Waals surface area contributed by atoms with Crippen LogP contribution in [0.1, 0.15) is 10.6 Å². The molecule has 1 aliphatic heterocycles. The molecular formula is C22H21N3O6S. The number of nitro benzene ring substituents is 1. The molecule has 0 atom stereocenters. The van der Waals surface area contributed by atoms with Gasteiger partial charge in [0, 0.05) is 25.2 Å². The average molecular weight is 455 g/mol. The van der Waals surface area contributed by atoms with E-state index in [1.54, 1.807) is 24.1 Å². The molecule has 0 saturated carbocycles. The zero-order valence-electron chi connectivity index (χ0n) is 17.4. The van der Waals surface area contributed by atoms with E-state index in [0.29, 0.717) is 43.3 Å². The normalized spacial score (nSPS) is 14.1.